The van der Waals surface area contributed by atoms with E-state index in [1.54, 1.807) is 17.1 Å². The van der Waals surface area contributed by atoms with Crippen molar-refractivity contribution in [3.05, 3.63) is 71.8 Å². The van der Waals surface area contributed by atoms with Crippen LogP contribution in [0.3, 0.4) is 0 Å². The largest absolute Gasteiger partial charge is 0.349 e. The third kappa shape index (κ3) is 5.01. The van der Waals surface area contributed by atoms with E-state index in [1.807, 2.05) is 43.3 Å². The molecule has 9 heteroatoms. The molecule has 1 N–H and O–H groups in total. The topological polar surface area (TPSA) is 97.2 Å². The predicted molar refractivity (Wildman–Crippen MR) is 132 cm³/mol. The van der Waals surface area contributed by atoms with Crippen LogP contribution in [0.15, 0.2) is 60.0 Å². The van der Waals surface area contributed by atoms with E-state index in [-0.39, 0.29) is 17.9 Å². The molecule has 5 rings (SSSR count). The first-order valence-corrected chi connectivity index (χ1v) is 13.7. The Kier molecular flexibility index (Phi) is 6.71. The fraction of sp³-hybridized carbons (Fsp3) is 0.423. The van der Waals surface area contributed by atoms with Gasteiger partial charge in [-0.1, -0.05) is 18.2 Å². The molecule has 1 atom stereocenters. The molecule has 0 radical (unpaired) electrons. The summed E-state index contributed by atoms with van der Waals surface area (Å²) < 4.78 is 29.7. The van der Waals surface area contributed by atoms with E-state index in [0.717, 1.165) is 36.1 Å². The van der Waals surface area contributed by atoms with E-state index in [4.69, 9.17) is 0 Å². The molecular weight excluding hydrogens is 462 g/mol. The van der Waals surface area contributed by atoms with Gasteiger partial charge >= 0.3 is 0 Å². The van der Waals surface area contributed by atoms with Gasteiger partial charge in [-0.05, 0) is 86.4 Å². The van der Waals surface area contributed by atoms with Gasteiger partial charge in [0, 0.05) is 19.0 Å². The number of piperidine rings is 1. The summed E-state index contributed by atoms with van der Waals surface area (Å²) in [5, 5.41) is 7.22. The number of sulfonamides is 1. The highest BCUT2D eigenvalue weighted by molar-refractivity contribution is 7.89. The Bertz CT molecular complexity index is 1280. The average Bonchev–Trinajstić information content (AvgIpc) is 3.43. The van der Waals surface area contributed by atoms with Crippen LogP contribution in [0.25, 0.3) is 5.69 Å². The smallest absolute Gasteiger partial charge is 0.243 e. The van der Waals surface area contributed by atoms with Crippen LogP contribution in [-0.4, -0.2) is 46.5 Å². The number of amides is 1. The second-order valence-electron chi connectivity index (χ2n) is 9.48. The highest BCUT2D eigenvalue weighted by Gasteiger charge is 2.33. The fourth-order valence-electron chi connectivity index (χ4n) is 5.05. The number of aromatic nitrogens is 3. The van der Waals surface area contributed by atoms with Crippen molar-refractivity contribution >= 4 is 15.9 Å². The van der Waals surface area contributed by atoms with Crippen LogP contribution in [0.1, 0.15) is 55.3 Å². The van der Waals surface area contributed by atoms with Gasteiger partial charge < -0.3 is 5.32 Å². The first-order valence-electron chi connectivity index (χ1n) is 12.3. The maximum Gasteiger partial charge on any atom is 0.243 e. The standard InChI is InChI=1S/C26H31N5O3S/c1-19(20-6-9-24(10-7-20)31-18-27-17-28-31)29-26(32)22-12-14-30(15-13-22)35(33,34)25-11-8-21-4-2-3-5-23(21)16-25/h6-11,16-19,22H,2-5,12-15H2,1H3,(H,29,32)/t19-/m1/s1. The van der Waals surface area contributed by atoms with Crippen LogP contribution >= 0.6 is 0 Å². The van der Waals surface area contributed by atoms with Gasteiger partial charge in [0.05, 0.1) is 16.6 Å². The number of nitrogens with one attached hydrogen (secondary N) is 1. The number of nitrogens with zero attached hydrogens (tertiary/aromatic N) is 4. The molecule has 0 saturated carbocycles. The normalized spacial score (nSPS) is 18.1. The van der Waals surface area contributed by atoms with Crippen LogP contribution in [0.4, 0.5) is 0 Å². The lowest BCUT2D eigenvalue weighted by atomic mass is 9.92. The molecule has 35 heavy (non-hydrogen) atoms. The zero-order chi connectivity index (χ0) is 24.4. The lowest BCUT2D eigenvalue weighted by Crippen LogP contribution is -2.43. The van der Waals surface area contributed by atoms with Crippen molar-refractivity contribution in [2.75, 3.05) is 13.1 Å². The Balaban J connectivity index is 1.17. The number of benzene rings is 2. The van der Waals surface area contributed by atoms with Crippen LogP contribution < -0.4 is 5.32 Å². The van der Waals surface area contributed by atoms with Crippen molar-refractivity contribution in [3.63, 3.8) is 0 Å². The number of hydrogen-bond donors (Lipinski definition) is 1. The van der Waals surface area contributed by atoms with Crippen LogP contribution in [-0.2, 0) is 27.7 Å². The van der Waals surface area contributed by atoms with Crippen LogP contribution in [0.2, 0.25) is 0 Å². The molecule has 0 unspecified atom stereocenters. The Morgan fingerprint density at radius 2 is 1.74 bits per heavy atom. The Hall–Kier alpha value is -3.04. The molecule has 2 aromatic carbocycles. The van der Waals surface area contributed by atoms with E-state index in [0.29, 0.717) is 30.8 Å². The van der Waals surface area contributed by atoms with Gasteiger partial charge in [-0.2, -0.15) is 9.40 Å². The number of fused-ring (bicyclic) bond motifs is 1. The lowest BCUT2D eigenvalue weighted by molar-refractivity contribution is -0.126. The highest BCUT2D eigenvalue weighted by atomic mass is 32.2. The van der Waals surface area contributed by atoms with E-state index < -0.39 is 10.0 Å². The zero-order valence-corrected chi connectivity index (χ0v) is 20.7. The molecule has 184 valence electrons. The summed E-state index contributed by atoms with van der Waals surface area (Å²) >= 11 is 0. The Morgan fingerprint density at radius 3 is 2.43 bits per heavy atom. The molecule has 1 aliphatic heterocycles. The predicted octanol–water partition coefficient (Wildman–Crippen LogP) is 3.42. The number of hydrogen-bond acceptors (Lipinski definition) is 5. The molecule has 1 amide bonds. The van der Waals surface area contributed by atoms with E-state index in [2.05, 4.69) is 15.4 Å². The molecule has 1 saturated heterocycles. The van der Waals surface area contributed by atoms with Gasteiger partial charge in [0.15, 0.2) is 0 Å². The summed E-state index contributed by atoms with van der Waals surface area (Å²) in [7, 11) is -3.54. The molecule has 0 spiro atoms. The number of rotatable bonds is 6. The van der Waals surface area contributed by atoms with E-state index in [9.17, 15) is 13.2 Å². The highest BCUT2D eigenvalue weighted by Crippen LogP contribution is 2.28. The minimum absolute atomic E-state index is 0.0244. The molecule has 0 bridgehead atoms. The van der Waals surface area contributed by atoms with E-state index in [1.165, 1.54) is 22.6 Å². The number of carbonyl (C=O) groups is 1. The molecule has 8 nitrogen and oxygen atoms in total. The third-order valence-corrected chi connectivity index (χ3v) is 9.11. The summed E-state index contributed by atoms with van der Waals surface area (Å²) in [6, 6.07) is 13.2. The van der Waals surface area contributed by atoms with Gasteiger partial charge in [-0.25, -0.2) is 18.1 Å². The molecule has 2 aliphatic rings. The van der Waals surface area contributed by atoms with Gasteiger partial charge in [0.1, 0.15) is 12.7 Å². The van der Waals surface area contributed by atoms with Crippen LogP contribution in [0, 0.1) is 5.92 Å². The molecular formula is C26H31N5O3S. The first-order chi connectivity index (χ1) is 16.9. The second kappa shape index (κ2) is 9.91. The minimum atomic E-state index is -3.54. The van der Waals surface area contributed by atoms with Gasteiger partial charge in [0.2, 0.25) is 15.9 Å². The van der Waals surface area contributed by atoms with Crippen molar-refractivity contribution in [3.8, 4) is 5.69 Å². The summed E-state index contributed by atoms with van der Waals surface area (Å²) in [6.45, 7) is 2.68. The average molecular weight is 494 g/mol. The van der Waals surface area contributed by atoms with Crippen LogP contribution in [0.5, 0.6) is 0 Å². The lowest BCUT2D eigenvalue weighted by Gasteiger charge is -2.31. The fourth-order valence-corrected chi connectivity index (χ4v) is 6.57. The molecule has 1 aromatic heterocycles. The van der Waals surface area contributed by atoms with Crippen molar-refractivity contribution in [2.24, 2.45) is 5.92 Å². The van der Waals surface area contributed by atoms with Crippen molar-refractivity contribution < 1.29 is 13.2 Å². The molecule has 3 aromatic rings. The van der Waals surface area contributed by atoms with Crippen molar-refractivity contribution in [1.29, 1.82) is 0 Å². The minimum Gasteiger partial charge on any atom is -0.349 e. The monoisotopic (exact) mass is 493 g/mol. The van der Waals surface area contributed by atoms with Gasteiger partial charge in [0.25, 0.3) is 0 Å². The Morgan fingerprint density at radius 1 is 1.03 bits per heavy atom. The first kappa shape index (κ1) is 23.7. The number of carbonyl (C=O) groups excluding carboxylic acids is 1. The molecule has 1 aliphatic carbocycles. The van der Waals surface area contributed by atoms with Crippen molar-refractivity contribution in [2.45, 2.75) is 56.4 Å². The second-order valence-corrected chi connectivity index (χ2v) is 11.4. The van der Waals surface area contributed by atoms with Gasteiger partial charge in [-0.15, -0.1) is 0 Å². The third-order valence-electron chi connectivity index (χ3n) is 7.22. The van der Waals surface area contributed by atoms with Crippen molar-refractivity contribution in [1.82, 2.24) is 24.4 Å². The zero-order valence-electron chi connectivity index (χ0n) is 19.9. The molecule has 1 fully saturated rings. The number of aryl methyl sites for hydroxylation is 2. The summed E-state index contributed by atoms with van der Waals surface area (Å²) in [6.07, 6.45) is 8.42. The maximum atomic E-state index is 13.2. The summed E-state index contributed by atoms with van der Waals surface area (Å²) in [5.74, 6) is -0.217. The summed E-state index contributed by atoms with van der Waals surface area (Å²) in [5.41, 5.74) is 4.33. The maximum absolute atomic E-state index is 13.2. The van der Waals surface area contributed by atoms with Gasteiger partial charge in [-0.3, -0.25) is 4.79 Å². The summed E-state index contributed by atoms with van der Waals surface area (Å²) in [4.78, 5) is 17.3. The Labute approximate surface area is 206 Å². The SMILES string of the molecule is C[C@@H](NC(=O)C1CCN(S(=O)(=O)c2ccc3c(c2)CCCC3)CC1)c1ccc(-n2cncn2)cc1. The molecule has 2 heterocycles. The quantitative estimate of drug-likeness (QED) is 0.568. The van der Waals surface area contributed by atoms with E-state index >= 15 is 0 Å².